The Morgan fingerprint density at radius 2 is 2.50 bits per heavy atom. The molecule has 1 N–H and O–H groups in total. The SMILES string of the molecule is CCC1CC(NCc2nccn2C)CCO1. The normalized spacial score (nSPS) is 25.9. The monoisotopic (exact) mass is 223 g/mol. The van der Waals surface area contributed by atoms with E-state index >= 15 is 0 Å². The van der Waals surface area contributed by atoms with E-state index in [1.807, 2.05) is 19.4 Å². The van der Waals surface area contributed by atoms with Crippen molar-refractivity contribution in [3.8, 4) is 0 Å². The zero-order chi connectivity index (χ0) is 11.4. The molecule has 0 radical (unpaired) electrons. The van der Waals surface area contributed by atoms with Crippen molar-refractivity contribution in [3.05, 3.63) is 18.2 Å². The minimum atomic E-state index is 0.438. The Bertz CT molecular complexity index is 324. The molecule has 90 valence electrons. The van der Waals surface area contributed by atoms with Gasteiger partial charge in [0.2, 0.25) is 0 Å². The van der Waals surface area contributed by atoms with E-state index in [0.29, 0.717) is 12.1 Å². The van der Waals surface area contributed by atoms with Crippen LogP contribution in [-0.4, -0.2) is 28.3 Å². The number of nitrogens with zero attached hydrogens (tertiary/aromatic N) is 2. The fourth-order valence-corrected chi connectivity index (χ4v) is 2.15. The Morgan fingerprint density at radius 3 is 3.19 bits per heavy atom. The number of hydrogen-bond acceptors (Lipinski definition) is 3. The van der Waals surface area contributed by atoms with Crippen molar-refractivity contribution in [1.29, 1.82) is 0 Å². The molecule has 1 aromatic heterocycles. The summed E-state index contributed by atoms with van der Waals surface area (Å²) in [6.45, 7) is 3.92. The molecule has 16 heavy (non-hydrogen) atoms. The number of ether oxygens (including phenoxy) is 1. The van der Waals surface area contributed by atoms with Gasteiger partial charge in [-0.3, -0.25) is 0 Å². The van der Waals surface area contributed by atoms with Gasteiger partial charge < -0.3 is 14.6 Å². The lowest BCUT2D eigenvalue weighted by atomic mass is 10.0. The van der Waals surface area contributed by atoms with Gasteiger partial charge in [0, 0.05) is 32.1 Å². The molecular weight excluding hydrogens is 202 g/mol. The molecule has 0 aliphatic carbocycles. The molecule has 4 nitrogen and oxygen atoms in total. The summed E-state index contributed by atoms with van der Waals surface area (Å²) in [5.41, 5.74) is 0. The van der Waals surface area contributed by atoms with Crippen molar-refractivity contribution < 1.29 is 4.74 Å². The van der Waals surface area contributed by atoms with E-state index in [4.69, 9.17) is 4.74 Å². The van der Waals surface area contributed by atoms with Gasteiger partial charge >= 0.3 is 0 Å². The number of hydrogen-bond donors (Lipinski definition) is 1. The minimum Gasteiger partial charge on any atom is -0.378 e. The molecule has 2 atom stereocenters. The third-order valence-electron chi connectivity index (χ3n) is 3.29. The lowest BCUT2D eigenvalue weighted by Gasteiger charge is -2.29. The first kappa shape index (κ1) is 11.6. The Hall–Kier alpha value is -0.870. The van der Waals surface area contributed by atoms with Crippen molar-refractivity contribution in [2.45, 2.75) is 44.9 Å². The fraction of sp³-hybridized carbons (Fsp3) is 0.750. The molecule has 0 bridgehead atoms. The maximum absolute atomic E-state index is 5.66. The fourth-order valence-electron chi connectivity index (χ4n) is 2.15. The highest BCUT2D eigenvalue weighted by atomic mass is 16.5. The summed E-state index contributed by atoms with van der Waals surface area (Å²) in [4.78, 5) is 4.31. The summed E-state index contributed by atoms with van der Waals surface area (Å²) in [5.74, 6) is 1.10. The zero-order valence-electron chi connectivity index (χ0n) is 10.1. The number of rotatable bonds is 4. The van der Waals surface area contributed by atoms with Crippen molar-refractivity contribution in [2.24, 2.45) is 7.05 Å². The molecule has 2 rings (SSSR count). The summed E-state index contributed by atoms with van der Waals surface area (Å²) in [6, 6.07) is 0.579. The highest BCUT2D eigenvalue weighted by molar-refractivity contribution is 4.91. The maximum atomic E-state index is 5.66. The van der Waals surface area contributed by atoms with Gasteiger partial charge in [0.05, 0.1) is 12.6 Å². The molecule has 1 aromatic rings. The average Bonchev–Trinajstić information content (AvgIpc) is 2.72. The standard InChI is InChI=1S/C12H21N3O/c1-3-11-8-10(4-7-16-11)14-9-12-13-5-6-15(12)2/h5-6,10-11,14H,3-4,7-9H2,1-2H3. The van der Waals surface area contributed by atoms with Gasteiger partial charge in [-0.1, -0.05) is 6.92 Å². The van der Waals surface area contributed by atoms with Crippen LogP contribution < -0.4 is 5.32 Å². The first-order valence-electron chi connectivity index (χ1n) is 6.10. The van der Waals surface area contributed by atoms with Crippen molar-refractivity contribution in [1.82, 2.24) is 14.9 Å². The molecule has 1 saturated heterocycles. The van der Waals surface area contributed by atoms with Crippen LogP contribution in [0.2, 0.25) is 0 Å². The third kappa shape index (κ3) is 2.83. The summed E-state index contributed by atoms with van der Waals surface area (Å²) < 4.78 is 7.72. The zero-order valence-corrected chi connectivity index (χ0v) is 10.1. The van der Waals surface area contributed by atoms with Crippen molar-refractivity contribution in [3.63, 3.8) is 0 Å². The van der Waals surface area contributed by atoms with Crippen LogP contribution in [0, 0.1) is 0 Å². The van der Waals surface area contributed by atoms with E-state index in [1.54, 1.807) is 0 Å². The van der Waals surface area contributed by atoms with E-state index < -0.39 is 0 Å². The summed E-state index contributed by atoms with van der Waals surface area (Å²) in [5, 5.41) is 3.57. The lowest BCUT2D eigenvalue weighted by molar-refractivity contribution is -0.000452. The van der Waals surface area contributed by atoms with Gasteiger partial charge in [0.1, 0.15) is 5.82 Å². The Morgan fingerprint density at radius 1 is 1.62 bits per heavy atom. The summed E-state index contributed by atoms with van der Waals surface area (Å²) in [7, 11) is 2.03. The van der Waals surface area contributed by atoms with Crippen LogP contribution in [0.15, 0.2) is 12.4 Å². The smallest absolute Gasteiger partial charge is 0.122 e. The predicted molar refractivity (Wildman–Crippen MR) is 63.1 cm³/mol. The second kappa shape index (κ2) is 5.46. The van der Waals surface area contributed by atoms with Gasteiger partial charge in [0.15, 0.2) is 0 Å². The van der Waals surface area contributed by atoms with Crippen LogP contribution in [0.5, 0.6) is 0 Å². The molecule has 4 heteroatoms. The Kier molecular flexibility index (Phi) is 3.96. The van der Waals surface area contributed by atoms with Crippen LogP contribution in [0.25, 0.3) is 0 Å². The van der Waals surface area contributed by atoms with Crippen molar-refractivity contribution >= 4 is 0 Å². The minimum absolute atomic E-state index is 0.438. The molecule has 1 aliphatic heterocycles. The van der Waals surface area contributed by atoms with Gasteiger partial charge in [-0.25, -0.2) is 4.98 Å². The topological polar surface area (TPSA) is 39.1 Å². The number of aryl methyl sites for hydroxylation is 1. The molecule has 2 heterocycles. The highest BCUT2D eigenvalue weighted by Gasteiger charge is 2.20. The van der Waals surface area contributed by atoms with Crippen LogP contribution in [-0.2, 0) is 18.3 Å². The molecule has 0 aromatic carbocycles. The molecule has 0 saturated carbocycles. The Balaban J connectivity index is 1.79. The number of imidazole rings is 1. The van der Waals surface area contributed by atoms with Gasteiger partial charge in [0.25, 0.3) is 0 Å². The van der Waals surface area contributed by atoms with Crippen LogP contribution in [0.4, 0.5) is 0 Å². The van der Waals surface area contributed by atoms with E-state index in [1.165, 1.54) is 0 Å². The Labute approximate surface area is 97.0 Å². The third-order valence-corrected chi connectivity index (χ3v) is 3.29. The van der Waals surface area contributed by atoms with Gasteiger partial charge in [-0.2, -0.15) is 0 Å². The molecule has 2 unspecified atom stereocenters. The van der Waals surface area contributed by atoms with E-state index in [0.717, 1.165) is 38.2 Å². The van der Waals surface area contributed by atoms with E-state index in [9.17, 15) is 0 Å². The van der Waals surface area contributed by atoms with Gasteiger partial charge in [-0.15, -0.1) is 0 Å². The van der Waals surface area contributed by atoms with Crippen LogP contribution in [0.3, 0.4) is 0 Å². The van der Waals surface area contributed by atoms with Crippen LogP contribution in [0.1, 0.15) is 32.0 Å². The van der Waals surface area contributed by atoms with E-state index in [-0.39, 0.29) is 0 Å². The highest BCUT2D eigenvalue weighted by Crippen LogP contribution is 2.16. The maximum Gasteiger partial charge on any atom is 0.122 e. The summed E-state index contributed by atoms with van der Waals surface area (Å²) >= 11 is 0. The largest absolute Gasteiger partial charge is 0.378 e. The quantitative estimate of drug-likeness (QED) is 0.840. The molecule has 0 spiro atoms. The van der Waals surface area contributed by atoms with Gasteiger partial charge in [-0.05, 0) is 19.3 Å². The molecule has 0 amide bonds. The molecule has 1 fully saturated rings. The lowest BCUT2D eigenvalue weighted by Crippen LogP contribution is -2.38. The second-order valence-corrected chi connectivity index (χ2v) is 4.46. The first-order chi connectivity index (χ1) is 7.79. The second-order valence-electron chi connectivity index (χ2n) is 4.46. The summed E-state index contributed by atoms with van der Waals surface area (Å²) in [6.07, 6.45) is 7.61. The molecule has 1 aliphatic rings. The van der Waals surface area contributed by atoms with E-state index in [2.05, 4.69) is 21.8 Å². The number of aromatic nitrogens is 2. The first-order valence-corrected chi connectivity index (χ1v) is 6.10. The predicted octanol–water partition coefficient (Wildman–Crippen LogP) is 1.47. The average molecular weight is 223 g/mol. The number of nitrogens with one attached hydrogen (secondary N) is 1. The van der Waals surface area contributed by atoms with Crippen molar-refractivity contribution in [2.75, 3.05) is 6.61 Å². The van der Waals surface area contributed by atoms with Crippen LogP contribution >= 0.6 is 0 Å². The molecular formula is C12H21N3O.